The smallest absolute Gasteiger partial charge is 0.326 e. The zero-order valence-corrected chi connectivity index (χ0v) is 37.8. The van der Waals surface area contributed by atoms with Crippen molar-refractivity contribution in [3.8, 4) is 0 Å². The number of carboxylic acid groups (broad SMARTS) is 2. The Kier molecular flexibility index (Phi) is 19.1. The first-order valence-corrected chi connectivity index (χ1v) is 21.2. The quantitative estimate of drug-likeness (QED) is 0.0788. The van der Waals surface area contributed by atoms with E-state index >= 15 is 0 Å². The van der Waals surface area contributed by atoms with Crippen LogP contribution < -0.4 is 16.4 Å². The summed E-state index contributed by atoms with van der Waals surface area (Å²) in [6, 6.07) is 4.92. The highest BCUT2D eigenvalue weighted by atomic mass is 32.2. The Morgan fingerprint density at radius 1 is 0.950 bits per heavy atom. The third kappa shape index (κ3) is 14.3. The molecule has 0 bridgehead atoms. The topological polar surface area (TPSA) is 237 Å². The fraction of sp³-hybridized carbons (Fsp3) is 0.628. The third-order valence-electron chi connectivity index (χ3n) is 10.8. The van der Waals surface area contributed by atoms with Gasteiger partial charge in [-0.2, -0.15) is 0 Å². The van der Waals surface area contributed by atoms with E-state index in [-0.39, 0.29) is 73.5 Å². The van der Waals surface area contributed by atoms with Gasteiger partial charge in [-0.05, 0) is 50.8 Å². The summed E-state index contributed by atoms with van der Waals surface area (Å²) in [7, 11) is 5.25. The number of carbonyl (C=O) groups excluding carboxylic acids is 6. The largest absolute Gasteiger partial charge is 0.480 e. The molecule has 5 amide bonds. The number of carboxylic acids is 2. The average Bonchev–Trinajstić information content (AvgIpc) is 3.42. The van der Waals surface area contributed by atoms with Crippen molar-refractivity contribution in [1.29, 1.82) is 0 Å². The summed E-state index contributed by atoms with van der Waals surface area (Å²) in [5.41, 5.74) is 5.29. The van der Waals surface area contributed by atoms with Crippen LogP contribution in [0.1, 0.15) is 93.1 Å². The number of likely N-dealkylation sites (tertiary alicyclic amines) is 1. The van der Waals surface area contributed by atoms with E-state index in [0.717, 1.165) is 22.2 Å². The Labute approximate surface area is 358 Å². The van der Waals surface area contributed by atoms with Crippen molar-refractivity contribution in [2.24, 2.45) is 17.1 Å². The van der Waals surface area contributed by atoms with Crippen molar-refractivity contribution >= 4 is 59.0 Å². The van der Waals surface area contributed by atoms with Gasteiger partial charge in [-0.15, -0.1) is 11.8 Å². The number of hydrogen-bond donors (Lipinski definition) is 5. The zero-order valence-electron chi connectivity index (χ0n) is 36.9. The van der Waals surface area contributed by atoms with Crippen LogP contribution in [0.15, 0.2) is 42.0 Å². The van der Waals surface area contributed by atoms with Crippen LogP contribution in [0.5, 0.6) is 0 Å². The van der Waals surface area contributed by atoms with Crippen LogP contribution in [-0.2, 0) is 43.8 Å². The SMILES string of the molecule is C/C(=C\[C@H](C(C)C)N(C)C(=O)[C@@H](NC(=O)[C@@H](N(C)C)C(C)(C)c1ccccc1)C(C)(C)C)C(=O)N[C@H](CCC(=O)CCCN1C(=O)CC(SC[C@H](N)C(=O)O)C1=O)C(=O)O. The Bertz CT molecular complexity index is 1760. The molecule has 1 aliphatic heterocycles. The minimum Gasteiger partial charge on any atom is -0.480 e. The van der Waals surface area contributed by atoms with Gasteiger partial charge >= 0.3 is 11.9 Å². The predicted molar refractivity (Wildman–Crippen MR) is 230 cm³/mol. The maximum atomic E-state index is 14.3. The highest BCUT2D eigenvalue weighted by Crippen LogP contribution is 2.31. The molecule has 0 spiro atoms. The van der Waals surface area contributed by atoms with Gasteiger partial charge in [-0.1, -0.05) is 84.9 Å². The van der Waals surface area contributed by atoms with Crippen molar-refractivity contribution in [3.63, 3.8) is 0 Å². The van der Waals surface area contributed by atoms with Crippen molar-refractivity contribution in [2.75, 3.05) is 33.4 Å². The van der Waals surface area contributed by atoms with Crippen LogP contribution in [0.3, 0.4) is 0 Å². The summed E-state index contributed by atoms with van der Waals surface area (Å²) < 4.78 is 0. The molecule has 1 aliphatic rings. The minimum atomic E-state index is -1.40. The molecule has 0 saturated carbocycles. The van der Waals surface area contributed by atoms with Crippen molar-refractivity contribution < 1.29 is 48.6 Å². The molecule has 1 aromatic carbocycles. The summed E-state index contributed by atoms with van der Waals surface area (Å²) >= 11 is 0.997. The number of nitrogens with one attached hydrogen (secondary N) is 2. The molecule has 0 radical (unpaired) electrons. The second kappa shape index (κ2) is 22.3. The summed E-state index contributed by atoms with van der Waals surface area (Å²) in [5, 5.41) is 23.6. The second-order valence-corrected chi connectivity index (χ2v) is 18.9. The van der Waals surface area contributed by atoms with Gasteiger partial charge < -0.3 is 31.5 Å². The van der Waals surface area contributed by atoms with Gasteiger partial charge in [0.1, 0.15) is 23.9 Å². The molecule has 1 saturated heterocycles. The molecular formula is C43H66N6O10S. The molecule has 1 heterocycles. The maximum absolute atomic E-state index is 14.3. The van der Waals surface area contributed by atoms with Gasteiger partial charge in [0.15, 0.2) is 0 Å². The molecule has 1 aromatic rings. The summed E-state index contributed by atoms with van der Waals surface area (Å²) in [4.78, 5) is 107. The summed E-state index contributed by atoms with van der Waals surface area (Å²) in [6.07, 6.45) is 1.23. The first kappa shape index (κ1) is 51.5. The number of Topliss-reactive ketones (excluding diaryl/α,β-unsaturated/α-hetero) is 1. The molecule has 6 atom stereocenters. The lowest BCUT2D eigenvalue weighted by molar-refractivity contribution is -0.142. The Hall–Kier alpha value is -4.61. The van der Waals surface area contributed by atoms with Crippen LogP contribution in [0.2, 0.25) is 0 Å². The van der Waals surface area contributed by atoms with E-state index in [0.29, 0.717) is 0 Å². The number of nitrogens with zero attached hydrogens (tertiary/aromatic N) is 3. The summed E-state index contributed by atoms with van der Waals surface area (Å²) in [5.74, 6) is -5.38. The second-order valence-electron chi connectivity index (χ2n) is 17.7. The van der Waals surface area contributed by atoms with Crippen molar-refractivity contribution in [3.05, 3.63) is 47.5 Å². The number of thioether (sulfide) groups is 1. The van der Waals surface area contributed by atoms with Crippen molar-refractivity contribution in [2.45, 2.75) is 128 Å². The lowest BCUT2D eigenvalue weighted by Gasteiger charge is -2.41. The van der Waals surface area contributed by atoms with E-state index in [1.807, 2.05) is 97.8 Å². The minimum absolute atomic E-state index is 0.0194. The molecular weight excluding hydrogens is 793 g/mol. The number of nitrogens with two attached hydrogens (primary N) is 1. The summed E-state index contributed by atoms with van der Waals surface area (Å²) in [6.45, 7) is 14.8. The standard InChI is InChI=1S/C43H66N6O10S/c1-25(2)31(48(11)39(55)34(42(4,5)6)46-37(53)35(47(9)10)43(7,8)27-16-13-12-14-17-27)22-26(3)36(52)45-30(41(58)59)20-19-28(50)18-15-21-49-33(51)23-32(38(49)54)60-24-29(44)40(56)57/h12-14,16-17,22,25,29-32,34-35H,15,18-21,23-24,44H2,1-11H3,(H,45,52)(H,46,53)(H,56,57)(H,58,59)/b26-22+/t29-,30+,31+,32?,34+,35+/m0/s1. The molecule has 60 heavy (non-hydrogen) atoms. The molecule has 2 rings (SSSR count). The van der Waals surface area contributed by atoms with Gasteiger partial charge in [-0.3, -0.25) is 43.4 Å². The number of likely N-dealkylation sites (N-methyl/N-ethyl adjacent to an activating group) is 2. The molecule has 1 fully saturated rings. The van der Waals surface area contributed by atoms with Crippen LogP contribution in [0.4, 0.5) is 0 Å². The number of hydrogen-bond acceptors (Lipinski definition) is 11. The Balaban J connectivity index is 2.09. The number of carbonyl (C=O) groups is 8. The van der Waals surface area contributed by atoms with Crippen LogP contribution >= 0.6 is 11.8 Å². The number of imide groups is 1. The molecule has 16 nitrogen and oxygen atoms in total. The molecule has 0 aliphatic carbocycles. The lowest BCUT2D eigenvalue weighted by atomic mass is 9.76. The normalized spacial score (nSPS) is 17.5. The van der Waals surface area contributed by atoms with Crippen LogP contribution in [0.25, 0.3) is 0 Å². The molecule has 17 heteroatoms. The van der Waals surface area contributed by atoms with E-state index < -0.39 is 75.9 Å². The van der Waals surface area contributed by atoms with E-state index in [1.165, 1.54) is 11.8 Å². The van der Waals surface area contributed by atoms with E-state index in [1.54, 1.807) is 13.1 Å². The first-order chi connectivity index (χ1) is 27.7. The highest BCUT2D eigenvalue weighted by molar-refractivity contribution is 8.00. The Morgan fingerprint density at radius 2 is 1.55 bits per heavy atom. The number of rotatable bonds is 23. The van der Waals surface area contributed by atoms with Crippen LogP contribution in [-0.4, -0.2) is 141 Å². The molecule has 6 N–H and O–H groups in total. The molecule has 1 unspecified atom stereocenters. The number of benzene rings is 1. The van der Waals surface area contributed by atoms with Gasteiger partial charge in [0.25, 0.3) is 0 Å². The monoisotopic (exact) mass is 858 g/mol. The van der Waals surface area contributed by atoms with E-state index in [2.05, 4.69) is 10.6 Å². The van der Waals surface area contributed by atoms with E-state index in [9.17, 15) is 43.5 Å². The molecule has 334 valence electrons. The predicted octanol–water partition coefficient (Wildman–Crippen LogP) is 2.83. The van der Waals surface area contributed by atoms with Gasteiger partial charge in [0.2, 0.25) is 29.5 Å². The lowest BCUT2D eigenvalue weighted by Crippen LogP contribution is -2.61. The van der Waals surface area contributed by atoms with Gasteiger partial charge in [0.05, 0.1) is 17.3 Å². The molecule has 0 aromatic heterocycles. The van der Waals surface area contributed by atoms with Crippen LogP contribution in [0, 0.1) is 11.3 Å². The fourth-order valence-electron chi connectivity index (χ4n) is 7.24. The first-order valence-electron chi connectivity index (χ1n) is 20.2. The fourth-order valence-corrected chi connectivity index (χ4v) is 8.35. The maximum Gasteiger partial charge on any atom is 0.326 e. The number of amides is 5. The number of ketones is 1. The van der Waals surface area contributed by atoms with Crippen molar-refractivity contribution in [1.82, 2.24) is 25.3 Å². The van der Waals surface area contributed by atoms with E-state index in [4.69, 9.17) is 10.8 Å². The van der Waals surface area contributed by atoms with Gasteiger partial charge in [0, 0.05) is 49.6 Å². The Morgan fingerprint density at radius 3 is 2.07 bits per heavy atom. The number of aliphatic carboxylic acids is 2. The third-order valence-corrected chi connectivity index (χ3v) is 12.1. The highest BCUT2D eigenvalue weighted by Gasteiger charge is 2.43. The zero-order chi connectivity index (χ0) is 45.9. The van der Waals surface area contributed by atoms with Gasteiger partial charge in [-0.25, -0.2) is 4.79 Å². The average molecular weight is 859 g/mol.